The summed E-state index contributed by atoms with van der Waals surface area (Å²) in [5, 5.41) is 3.60. The number of thioether (sulfide) groups is 1. The van der Waals surface area contributed by atoms with E-state index in [4.69, 9.17) is 9.72 Å². The summed E-state index contributed by atoms with van der Waals surface area (Å²) in [4.78, 5) is 21.0. The smallest absolute Gasteiger partial charge is 0.234 e. The number of hydrogen-bond donors (Lipinski definition) is 1. The van der Waals surface area contributed by atoms with E-state index in [1.807, 2.05) is 54.6 Å². The van der Waals surface area contributed by atoms with E-state index in [9.17, 15) is 4.79 Å². The molecular formula is C21H18N4O2S. The number of rotatable bonds is 6. The maximum Gasteiger partial charge on any atom is 0.234 e. The Morgan fingerprint density at radius 2 is 1.93 bits per heavy atom. The molecule has 0 aliphatic carbocycles. The monoisotopic (exact) mass is 390 g/mol. The van der Waals surface area contributed by atoms with Crippen molar-refractivity contribution >= 4 is 34.4 Å². The third-order valence-electron chi connectivity index (χ3n) is 4.14. The summed E-state index contributed by atoms with van der Waals surface area (Å²) in [5.41, 5.74) is 3.51. The lowest BCUT2D eigenvalue weighted by atomic mass is 10.2. The van der Waals surface area contributed by atoms with Gasteiger partial charge >= 0.3 is 0 Å². The van der Waals surface area contributed by atoms with Gasteiger partial charge in [0.05, 0.1) is 35.8 Å². The van der Waals surface area contributed by atoms with Gasteiger partial charge in [-0.3, -0.25) is 14.3 Å². The molecule has 0 radical (unpaired) electrons. The van der Waals surface area contributed by atoms with E-state index in [1.165, 1.54) is 11.8 Å². The fourth-order valence-corrected chi connectivity index (χ4v) is 3.67. The Morgan fingerprint density at radius 1 is 1.11 bits per heavy atom. The number of benzene rings is 2. The van der Waals surface area contributed by atoms with Crippen LogP contribution in [0, 0.1) is 0 Å². The second-order valence-electron chi connectivity index (χ2n) is 6.00. The summed E-state index contributed by atoms with van der Waals surface area (Å²) < 4.78 is 7.30. The number of pyridine rings is 1. The first-order valence-electron chi connectivity index (χ1n) is 8.69. The average molecular weight is 390 g/mol. The van der Waals surface area contributed by atoms with Crippen LogP contribution >= 0.6 is 11.8 Å². The van der Waals surface area contributed by atoms with Crippen molar-refractivity contribution in [2.45, 2.75) is 5.16 Å². The number of amides is 1. The summed E-state index contributed by atoms with van der Waals surface area (Å²) >= 11 is 1.39. The molecule has 2 aromatic heterocycles. The van der Waals surface area contributed by atoms with Gasteiger partial charge in [-0.1, -0.05) is 23.9 Å². The molecule has 0 aliphatic heterocycles. The van der Waals surface area contributed by atoms with Crippen LogP contribution in [0.4, 0.5) is 5.69 Å². The molecule has 2 aromatic carbocycles. The van der Waals surface area contributed by atoms with Gasteiger partial charge < -0.3 is 10.1 Å². The van der Waals surface area contributed by atoms with Gasteiger partial charge in [0.1, 0.15) is 5.75 Å². The van der Waals surface area contributed by atoms with Gasteiger partial charge in [0.15, 0.2) is 5.16 Å². The average Bonchev–Trinajstić information content (AvgIpc) is 3.11. The van der Waals surface area contributed by atoms with E-state index < -0.39 is 0 Å². The SMILES string of the molecule is COc1ccc(-n2c(SCC(=O)Nc3cccnc3)nc3ccccc32)cc1. The molecule has 140 valence electrons. The maximum absolute atomic E-state index is 12.3. The molecule has 0 saturated carbocycles. The minimum absolute atomic E-state index is 0.105. The lowest BCUT2D eigenvalue weighted by molar-refractivity contribution is -0.113. The largest absolute Gasteiger partial charge is 0.497 e. The minimum Gasteiger partial charge on any atom is -0.497 e. The Bertz CT molecular complexity index is 1090. The number of methoxy groups -OCH3 is 1. The molecule has 4 rings (SSSR count). The molecule has 28 heavy (non-hydrogen) atoms. The number of fused-ring (bicyclic) bond motifs is 1. The van der Waals surface area contributed by atoms with E-state index in [-0.39, 0.29) is 11.7 Å². The fourth-order valence-electron chi connectivity index (χ4n) is 2.85. The number of carbonyl (C=O) groups is 1. The van der Waals surface area contributed by atoms with E-state index in [0.29, 0.717) is 5.69 Å². The number of aromatic nitrogens is 3. The zero-order valence-electron chi connectivity index (χ0n) is 15.2. The van der Waals surface area contributed by atoms with E-state index in [2.05, 4.69) is 14.9 Å². The summed E-state index contributed by atoms with van der Waals surface area (Å²) in [7, 11) is 1.64. The first-order chi connectivity index (χ1) is 13.7. The lowest BCUT2D eigenvalue weighted by Gasteiger charge is -2.10. The summed E-state index contributed by atoms with van der Waals surface area (Å²) in [6, 6.07) is 19.3. The van der Waals surface area contributed by atoms with Crippen LogP contribution in [0.5, 0.6) is 5.75 Å². The predicted octanol–water partition coefficient (Wildman–Crippen LogP) is 4.16. The molecule has 1 N–H and O–H groups in total. The van der Waals surface area contributed by atoms with Crippen molar-refractivity contribution in [3.63, 3.8) is 0 Å². The molecule has 4 aromatic rings. The molecular weight excluding hydrogens is 372 g/mol. The van der Waals surface area contributed by atoms with Crippen molar-refractivity contribution < 1.29 is 9.53 Å². The highest BCUT2D eigenvalue weighted by atomic mass is 32.2. The van der Waals surface area contributed by atoms with Crippen molar-refractivity contribution in [3.05, 3.63) is 73.1 Å². The molecule has 6 nitrogen and oxygen atoms in total. The molecule has 0 saturated heterocycles. The van der Waals surface area contributed by atoms with Crippen LogP contribution in [0.3, 0.4) is 0 Å². The van der Waals surface area contributed by atoms with Gasteiger partial charge in [-0.2, -0.15) is 0 Å². The zero-order chi connectivity index (χ0) is 19.3. The van der Waals surface area contributed by atoms with Crippen LogP contribution in [-0.4, -0.2) is 33.3 Å². The fraction of sp³-hybridized carbons (Fsp3) is 0.0952. The summed E-state index contributed by atoms with van der Waals surface area (Å²) in [6.07, 6.45) is 3.29. The normalized spacial score (nSPS) is 10.8. The van der Waals surface area contributed by atoms with Crippen molar-refractivity contribution in [2.75, 3.05) is 18.2 Å². The zero-order valence-corrected chi connectivity index (χ0v) is 16.0. The van der Waals surface area contributed by atoms with Crippen LogP contribution in [-0.2, 0) is 4.79 Å². The number of anilines is 1. The number of hydrogen-bond acceptors (Lipinski definition) is 5. The highest BCUT2D eigenvalue weighted by molar-refractivity contribution is 7.99. The van der Waals surface area contributed by atoms with Crippen LogP contribution in [0.25, 0.3) is 16.7 Å². The number of ether oxygens (including phenoxy) is 1. The Balaban J connectivity index is 1.60. The van der Waals surface area contributed by atoms with Gasteiger partial charge in [0.25, 0.3) is 0 Å². The highest BCUT2D eigenvalue weighted by Gasteiger charge is 2.14. The molecule has 0 atom stereocenters. The predicted molar refractivity (Wildman–Crippen MR) is 111 cm³/mol. The van der Waals surface area contributed by atoms with Crippen LogP contribution in [0.2, 0.25) is 0 Å². The first-order valence-corrected chi connectivity index (χ1v) is 9.68. The molecule has 0 bridgehead atoms. The van der Waals surface area contributed by atoms with Crippen LogP contribution < -0.4 is 10.1 Å². The number of carbonyl (C=O) groups excluding carboxylic acids is 1. The van der Waals surface area contributed by atoms with E-state index in [1.54, 1.807) is 25.6 Å². The van der Waals surface area contributed by atoms with Gasteiger partial charge in [-0.05, 0) is 48.5 Å². The summed E-state index contributed by atoms with van der Waals surface area (Å²) in [5.74, 6) is 0.929. The highest BCUT2D eigenvalue weighted by Crippen LogP contribution is 2.29. The third kappa shape index (κ3) is 3.84. The van der Waals surface area contributed by atoms with Crippen molar-refractivity contribution in [3.8, 4) is 11.4 Å². The van der Waals surface area contributed by atoms with Gasteiger partial charge in [0, 0.05) is 11.9 Å². The second kappa shape index (κ2) is 8.14. The Hall–Kier alpha value is -3.32. The Morgan fingerprint density at radius 3 is 2.68 bits per heavy atom. The maximum atomic E-state index is 12.3. The minimum atomic E-state index is -0.105. The van der Waals surface area contributed by atoms with Crippen molar-refractivity contribution in [1.82, 2.24) is 14.5 Å². The molecule has 1 amide bonds. The van der Waals surface area contributed by atoms with E-state index >= 15 is 0 Å². The topological polar surface area (TPSA) is 69.0 Å². The Kier molecular flexibility index (Phi) is 5.25. The van der Waals surface area contributed by atoms with Crippen LogP contribution in [0.1, 0.15) is 0 Å². The number of nitrogens with one attached hydrogen (secondary N) is 1. The van der Waals surface area contributed by atoms with Gasteiger partial charge in [-0.15, -0.1) is 0 Å². The number of nitrogens with zero attached hydrogens (tertiary/aromatic N) is 3. The van der Waals surface area contributed by atoms with Gasteiger partial charge in [-0.25, -0.2) is 4.98 Å². The van der Waals surface area contributed by atoms with Crippen molar-refractivity contribution in [1.29, 1.82) is 0 Å². The first kappa shape index (κ1) is 18.1. The molecule has 2 heterocycles. The van der Waals surface area contributed by atoms with Gasteiger partial charge in [0.2, 0.25) is 5.91 Å². The standard InChI is InChI=1S/C21H18N4O2S/c1-27-17-10-8-16(9-11-17)25-19-7-3-2-6-18(19)24-21(25)28-14-20(26)23-15-5-4-12-22-13-15/h2-13H,14H2,1H3,(H,23,26). The quantitative estimate of drug-likeness (QED) is 0.501. The third-order valence-corrected chi connectivity index (χ3v) is 5.08. The molecule has 0 aliphatic rings. The Labute approximate surface area is 166 Å². The van der Waals surface area contributed by atoms with E-state index in [0.717, 1.165) is 27.6 Å². The second-order valence-corrected chi connectivity index (χ2v) is 6.94. The molecule has 0 spiro atoms. The number of para-hydroxylation sites is 2. The molecule has 0 unspecified atom stereocenters. The molecule has 0 fully saturated rings. The number of imidazole rings is 1. The molecule has 7 heteroatoms. The summed E-state index contributed by atoms with van der Waals surface area (Å²) in [6.45, 7) is 0. The van der Waals surface area contributed by atoms with Crippen LogP contribution in [0.15, 0.2) is 78.2 Å². The van der Waals surface area contributed by atoms with Crippen molar-refractivity contribution in [2.24, 2.45) is 0 Å². The lowest BCUT2D eigenvalue weighted by Crippen LogP contribution is -2.14.